The molecular weight excluding hydrogens is 274 g/mol. The normalized spacial score (nSPS) is 10.2. The Morgan fingerprint density at radius 1 is 1.53 bits per heavy atom. The molecule has 1 aromatic heterocycles. The van der Waals surface area contributed by atoms with Gasteiger partial charge in [-0.3, -0.25) is 0 Å². The minimum atomic E-state index is 0.387. The summed E-state index contributed by atoms with van der Waals surface area (Å²) in [5.74, 6) is 0. The van der Waals surface area contributed by atoms with Gasteiger partial charge in [0.2, 0.25) is 0 Å². The maximum Gasteiger partial charge on any atom is 0.191 e. The number of halogens is 1. The van der Waals surface area contributed by atoms with Crippen molar-refractivity contribution in [1.82, 2.24) is 4.98 Å². The molecule has 0 bridgehead atoms. The number of thiazole rings is 1. The van der Waals surface area contributed by atoms with Crippen LogP contribution in [-0.2, 0) is 0 Å². The van der Waals surface area contributed by atoms with E-state index in [0.717, 1.165) is 16.4 Å². The average Bonchev–Trinajstić information content (AvgIpc) is 2.75. The van der Waals surface area contributed by atoms with Gasteiger partial charge >= 0.3 is 0 Å². The second-order valence-electron chi connectivity index (χ2n) is 3.43. The number of nitrogens with two attached hydrogens (primary N) is 1. The van der Waals surface area contributed by atoms with Gasteiger partial charge in [-0.2, -0.15) is 0 Å². The van der Waals surface area contributed by atoms with Crippen molar-refractivity contribution in [3.63, 3.8) is 0 Å². The molecule has 0 aliphatic heterocycles. The zero-order valence-electron chi connectivity index (χ0n) is 9.05. The van der Waals surface area contributed by atoms with Gasteiger partial charge in [-0.15, -0.1) is 11.3 Å². The van der Waals surface area contributed by atoms with Crippen molar-refractivity contribution in [1.29, 1.82) is 0 Å². The highest BCUT2D eigenvalue weighted by Gasteiger charge is 2.09. The van der Waals surface area contributed by atoms with Gasteiger partial charge < -0.3 is 10.6 Å². The van der Waals surface area contributed by atoms with Gasteiger partial charge in [0.15, 0.2) is 5.13 Å². The van der Waals surface area contributed by atoms with Crippen molar-refractivity contribution in [3.8, 4) is 0 Å². The number of nitrogens with zero attached hydrogens (tertiary/aromatic N) is 2. The van der Waals surface area contributed by atoms with Gasteiger partial charge in [0.25, 0.3) is 0 Å². The van der Waals surface area contributed by atoms with Crippen LogP contribution < -0.4 is 10.6 Å². The van der Waals surface area contributed by atoms with E-state index in [2.05, 4.69) is 4.98 Å². The molecule has 0 fully saturated rings. The van der Waals surface area contributed by atoms with Crippen LogP contribution in [0.5, 0.6) is 0 Å². The predicted molar refractivity (Wildman–Crippen MR) is 77.5 cm³/mol. The third-order valence-corrected chi connectivity index (χ3v) is 3.74. The monoisotopic (exact) mass is 283 g/mol. The molecule has 0 aliphatic rings. The van der Waals surface area contributed by atoms with Gasteiger partial charge in [0.05, 0.1) is 0 Å². The first-order valence-electron chi connectivity index (χ1n) is 4.82. The maximum absolute atomic E-state index is 5.81. The molecule has 0 aliphatic carbocycles. The highest BCUT2D eigenvalue weighted by atomic mass is 35.5. The average molecular weight is 284 g/mol. The summed E-state index contributed by atoms with van der Waals surface area (Å²) < 4.78 is 0. The highest BCUT2D eigenvalue weighted by Crippen LogP contribution is 2.28. The molecule has 0 spiro atoms. The Morgan fingerprint density at radius 2 is 2.29 bits per heavy atom. The van der Waals surface area contributed by atoms with Crippen LogP contribution >= 0.6 is 35.2 Å². The first kappa shape index (κ1) is 12.3. The lowest BCUT2D eigenvalue weighted by atomic mass is 10.2. The lowest BCUT2D eigenvalue weighted by Gasteiger charge is -2.16. The number of benzene rings is 1. The Balaban J connectivity index is 2.33. The van der Waals surface area contributed by atoms with E-state index < -0.39 is 0 Å². The zero-order valence-corrected chi connectivity index (χ0v) is 11.4. The SMILES string of the molecule is CN(c1cccc(C(N)=S)c1)c1nc(Cl)cs1. The quantitative estimate of drug-likeness (QED) is 0.879. The van der Waals surface area contributed by atoms with Gasteiger partial charge in [0, 0.05) is 23.7 Å². The van der Waals surface area contributed by atoms with Crippen LogP contribution in [0.4, 0.5) is 10.8 Å². The smallest absolute Gasteiger partial charge is 0.191 e. The molecule has 0 radical (unpaired) electrons. The molecule has 2 N–H and O–H groups in total. The van der Waals surface area contributed by atoms with E-state index >= 15 is 0 Å². The molecule has 3 nitrogen and oxygen atoms in total. The maximum atomic E-state index is 5.81. The summed E-state index contributed by atoms with van der Waals surface area (Å²) in [6.07, 6.45) is 0. The largest absolute Gasteiger partial charge is 0.389 e. The van der Waals surface area contributed by atoms with Crippen LogP contribution in [0.25, 0.3) is 0 Å². The number of anilines is 2. The molecule has 0 atom stereocenters. The van der Waals surface area contributed by atoms with Crippen molar-refractivity contribution >= 4 is 51.0 Å². The minimum absolute atomic E-state index is 0.387. The molecule has 1 aromatic carbocycles. The van der Waals surface area contributed by atoms with Crippen molar-refractivity contribution in [3.05, 3.63) is 40.4 Å². The van der Waals surface area contributed by atoms with Crippen LogP contribution in [0.2, 0.25) is 5.15 Å². The Morgan fingerprint density at radius 3 is 2.88 bits per heavy atom. The molecule has 2 rings (SSSR count). The number of thiocarbonyl (C=S) groups is 1. The fourth-order valence-corrected chi connectivity index (χ4v) is 2.44. The molecule has 0 unspecified atom stereocenters. The van der Waals surface area contributed by atoms with Gasteiger partial charge in [-0.05, 0) is 12.1 Å². The van der Waals surface area contributed by atoms with E-state index in [1.807, 2.05) is 36.2 Å². The molecule has 0 saturated heterocycles. The first-order chi connectivity index (χ1) is 8.08. The topological polar surface area (TPSA) is 42.1 Å². The van der Waals surface area contributed by atoms with E-state index in [0.29, 0.717) is 10.1 Å². The van der Waals surface area contributed by atoms with Crippen molar-refractivity contribution in [2.75, 3.05) is 11.9 Å². The van der Waals surface area contributed by atoms with Crippen LogP contribution in [0.1, 0.15) is 5.56 Å². The van der Waals surface area contributed by atoms with Gasteiger partial charge in [0.1, 0.15) is 10.1 Å². The lowest BCUT2D eigenvalue weighted by Crippen LogP contribution is -2.12. The Kier molecular flexibility index (Phi) is 3.61. The predicted octanol–water partition coefficient (Wildman–Crippen LogP) is 3.20. The van der Waals surface area contributed by atoms with E-state index in [9.17, 15) is 0 Å². The minimum Gasteiger partial charge on any atom is -0.389 e. The van der Waals surface area contributed by atoms with Crippen LogP contribution in [0.15, 0.2) is 29.6 Å². The summed E-state index contributed by atoms with van der Waals surface area (Å²) in [7, 11) is 1.92. The van der Waals surface area contributed by atoms with Crippen LogP contribution in [0.3, 0.4) is 0 Å². The van der Waals surface area contributed by atoms with Gasteiger partial charge in [-0.25, -0.2) is 4.98 Å². The van der Waals surface area contributed by atoms with E-state index in [1.165, 1.54) is 11.3 Å². The fraction of sp³-hybridized carbons (Fsp3) is 0.0909. The molecule has 6 heteroatoms. The number of hydrogen-bond acceptors (Lipinski definition) is 4. The van der Waals surface area contributed by atoms with Crippen molar-refractivity contribution in [2.24, 2.45) is 5.73 Å². The standard InChI is InChI=1S/C11H10ClN3S2/c1-15(11-14-9(12)6-17-11)8-4-2-3-7(5-8)10(13)16/h2-6H,1H3,(H2,13,16). The molecule has 1 heterocycles. The zero-order chi connectivity index (χ0) is 12.4. The first-order valence-corrected chi connectivity index (χ1v) is 6.49. The third-order valence-electron chi connectivity index (χ3n) is 2.27. The number of aromatic nitrogens is 1. The lowest BCUT2D eigenvalue weighted by molar-refractivity contribution is 1.17. The Labute approximate surface area is 114 Å². The second-order valence-corrected chi connectivity index (χ2v) is 5.09. The van der Waals surface area contributed by atoms with Crippen molar-refractivity contribution in [2.45, 2.75) is 0 Å². The molecule has 88 valence electrons. The third kappa shape index (κ3) is 2.74. The van der Waals surface area contributed by atoms with E-state index in [1.54, 1.807) is 5.38 Å². The van der Waals surface area contributed by atoms with Gasteiger partial charge in [-0.1, -0.05) is 36.0 Å². The summed E-state index contributed by atoms with van der Waals surface area (Å²) in [6, 6.07) is 7.69. The van der Waals surface area contributed by atoms with Crippen LogP contribution in [-0.4, -0.2) is 17.0 Å². The number of rotatable bonds is 3. The molecule has 0 amide bonds. The van der Waals surface area contributed by atoms with E-state index in [-0.39, 0.29) is 0 Å². The molecule has 17 heavy (non-hydrogen) atoms. The summed E-state index contributed by atoms with van der Waals surface area (Å²) in [4.78, 5) is 6.54. The molecule has 2 aromatic rings. The second kappa shape index (κ2) is 5.00. The van der Waals surface area contributed by atoms with Crippen LogP contribution in [0, 0.1) is 0 Å². The summed E-state index contributed by atoms with van der Waals surface area (Å²) in [5.41, 5.74) is 7.42. The molecular formula is C11H10ClN3S2. The Hall–Kier alpha value is -1.17. The highest BCUT2D eigenvalue weighted by molar-refractivity contribution is 7.80. The van der Waals surface area contributed by atoms with E-state index in [4.69, 9.17) is 29.6 Å². The fourth-order valence-electron chi connectivity index (χ4n) is 1.38. The Bertz CT molecular complexity index is 553. The summed E-state index contributed by atoms with van der Waals surface area (Å²) in [6.45, 7) is 0. The summed E-state index contributed by atoms with van der Waals surface area (Å²) in [5, 5.41) is 3.13. The molecule has 0 saturated carbocycles. The number of hydrogen-bond donors (Lipinski definition) is 1. The summed E-state index contributed by atoms with van der Waals surface area (Å²) >= 11 is 12.2. The van der Waals surface area contributed by atoms with Crippen molar-refractivity contribution < 1.29 is 0 Å².